The molecule has 0 bridgehead atoms. The summed E-state index contributed by atoms with van der Waals surface area (Å²) in [5.41, 5.74) is 11.3. The third kappa shape index (κ3) is 23.6. The lowest BCUT2D eigenvalue weighted by molar-refractivity contribution is -0.144. The van der Waals surface area contributed by atoms with Gasteiger partial charge in [0.1, 0.15) is 48.3 Å². The molecular weight excluding hydrogens is 1080 g/mol. The number of aliphatic hydroxyl groups is 1. The largest absolute Gasteiger partial charge is 0.481 e. The first kappa shape index (κ1) is 67.6. The van der Waals surface area contributed by atoms with Crippen molar-refractivity contribution in [3.8, 4) is 0 Å². The van der Waals surface area contributed by atoms with Crippen molar-refractivity contribution in [3.05, 3.63) is 35.9 Å². The van der Waals surface area contributed by atoms with E-state index in [4.69, 9.17) is 16.6 Å². The van der Waals surface area contributed by atoms with E-state index in [1.807, 2.05) is 10.6 Å². The highest BCUT2D eigenvalue weighted by molar-refractivity contribution is 7.80. The number of carbonyl (C=O) groups excluding carboxylic acids is 12. The minimum Gasteiger partial charge on any atom is -0.481 e. The molecule has 1 aliphatic rings. The van der Waals surface area contributed by atoms with E-state index in [1.165, 1.54) is 11.8 Å². The molecule has 12 amide bonds. The van der Waals surface area contributed by atoms with Gasteiger partial charge >= 0.3 is 17.9 Å². The number of nitrogens with zero attached hydrogens (tertiary/aromatic N) is 1. The first-order valence-corrected chi connectivity index (χ1v) is 25.4. The van der Waals surface area contributed by atoms with Crippen LogP contribution >= 0.6 is 12.6 Å². The predicted molar refractivity (Wildman–Crippen MR) is 277 cm³/mol. The Labute approximate surface area is 462 Å². The van der Waals surface area contributed by atoms with E-state index in [9.17, 15) is 87.2 Å². The molecule has 0 spiro atoms. The van der Waals surface area contributed by atoms with Crippen LogP contribution in [-0.4, -0.2) is 207 Å². The first-order valence-electron chi connectivity index (χ1n) is 24.8. The van der Waals surface area contributed by atoms with Crippen LogP contribution in [0.1, 0.15) is 64.9 Å². The van der Waals surface area contributed by atoms with E-state index >= 15 is 0 Å². The average molecular weight is 1150 g/mol. The Bertz CT molecular complexity index is 2450. The van der Waals surface area contributed by atoms with Crippen molar-refractivity contribution in [1.29, 1.82) is 0 Å². The van der Waals surface area contributed by atoms with Gasteiger partial charge in [0.15, 0.2) is 0 Å². The van der Waals surface area contributed by atoms with Crippen molar-refractivity contribution < 1.29 is 92.3 Å². The third-order valence-electron chi connectivity index (χ3n) is 11.8. The van der Waals surface area contributed by atoms with Gasteiger partial charge in [-0.2, -0.15) is 12.6 Å². The van der Waals surface area contributed by atoms with E-state index in [1.54, 1.807) is 44.2 Å². The Hall–Kier alpha value is -8.46. The van der Waals surface area contributed by atoms with Crippen LogP contribution < -0.4 is 64.6 Å². The first-order chi connectivity index (χ1) is 37.6. The number of nitrogens with one attached hydrogen (secondary N) is 10. The Morgan fingerprint density at radius 2 is 1.19 bits per heavy atom. The van der Waals surface area contributed by atoms with Crippen molar-refractivity contribution in [1.82, 2.24) is 58.1 Å². The zero-order chi connectivity index (χ0) is 60.4. The molecule has 1 heterocycles. The van der Waals surface area contributed by atoms with E-state index in [0.717, 1.165) is 0 Å². The molecule has 9 atom stereocenters. The maximum atomic E-state index is 13.6. The van der Waals surface area contributed by atoms with Gasteiger partial charge in [0.25, 0.3) is 0 Å². The normalized spacial score (nSPS) is 15.7. The second-order valence-electron chi connectivity index (χ2n) is 18.5. The average Bonchev–Trinajstić information content (AvgIpc) is 3.90. The van der Waals surface area contributed by atoms with Crippen LogP contribution in [0.2, 0.25) is 0 Å². The molecular formula is C47H69N13O19S. The number of amides is 12. The topological polar surface area (TPSA) is 513 Å². The summed E-state index contributed by atoms with van der Waals surface area (Å²) >= 11 is 4.02. The molecule has 1 aromatic rings. The number of aliphatic hydroxyl groups excluding tert-OH is 1. The molecule has 0 radical (unpaired) electrons. The molecule has 442 valence electrons. The molecule has 32 nitrogen and oxygen atoms in total. The summed E-state index contributed by atoms with van der Waals surface area (Å²) in [5.74, 6) is -17.1. The lowest BCUT2D eigenvalue weighted by Crippen LogP contribution is -2.58. The Morgan fingerprint density at radius 3 is 1.75 bits per heavy atom. The zero-order valence-corrected chi connectivity index (χ0v) is 44.7. The van der Waals surface area contributed by atoms with Gasteiger partial charge in [0, 0.05) is 25.1 Å². The standard InChI is InChI=1S/C47H69N13O19S/c1-22(2)38(47(78)79)59-44(75)27(14-24-8-5-4-6-9-24)56-46(77)31-10-7-13-60(31)35(65)19-50-33(63)17-51-42(73)29(20-61)57-43(74)28(16-37(68)69)54-34(64)18-52-41(72)26(11-12-32(49)62)55-45(76)30(21-80)58-39(70)23(3)53-40(71)25(48)15-36(66)67/h4-6,8-9,22-23,25-31,38,61,80H,7,10-21,48H2,1-3H3,(H2,49,62)(H,50,63)(H,51,73)(H,52,72)(H,53,71)(H,54,64)(H,55,76)(H,56,77)(H,57,74)(H,58,70)(H,59,75)(H,66,67)(H,68,69)(H,78,79)/t23-,25-,26-,27-,28-,29-,30-,31-,38-/m0/s1. The Kier molecular flexibility index (Phi) is 28.5. The number of carbonyl (C=O) groups is 15. The van der Waals surface area contributed by atoms with Crippen LogP contribution in [0.15, 0.2) is 30.3 Å². The minimum absolute atomic E-state index is 0.0144. The van der Waals surface area contributed by atoms with E-state index in [-0.39, 0.29) is 25.1 Å². The van der Waals surface area contributed by atoms with Crippen LogP contribution in [0, 0.1) is 5.92 Å². The van der Waals surface area contributed by atoms with Crippen LogP contribution in [0.25, 0.3) is 0 Å². The fourth-order valence-electron chi connectivity index (χ4n) is 7.43. The van der Waals surface area contributed by atoms with E-state index in [0.29, 0.717) is 12.0 Å². The number of carboxylic acid groups (broad SMARTS) is 3. The van der Waals surface area contributed by atoms with Crippen molar-refractivity contribution in [3.63, 3.8) is 0 Å². The Morgan fingerprint density at radius 1 is 0.625 bits per heavy atom. The number of carboxylic acids is 3. The number of nitrogens with two attached hydrogens (primary N) is 2. The number of likely N-dealkylation sites (tertiary alicyclic amines) is 1. The molecule has 1 aliphatic heterocycles. The zero-order valence-electron chi connectivity index (χ0n) is 43.8. The monoisotopic (exact) mass is 1150 g/mol. The summed E-state index contributed by atoms with van der Waals surface area (Å²) in [7, 11) is 0. The fourth-order valence-corrected chi connectivity index (χ4v) is 7.69. The highest BCUT2D eigenvalue weighted by Crippen LogP contribution is 2.18. The van der Waals surface area contributed by atoms with E-state index < -0.39 is 201 Å². The van der Waals surface area contributed by atoms with Crippen LogP contribution in [0.4, 0.5) is 0 Å². The summed E-state index contributed by atoms with van der Waals surface area (Å²) in [4.78, 5) is 190. The number of thiol groups is 1. The summed E-state index contributed by atoms with van der Waals surface area (Å²) < 4.78 is 0. The molecule has 1 saturated heterocycles. The Balaban J connectivity index is 2.01. The maximum absolute atomic E-state index is 13.6. The quantitative estimate of drug-likeness (QED) is 0.0285. The van der Waals surface area contributed by atoms with Gasteiger partial charge in [-0.05, 0) is 37.7 Å². The highest BCUT2D eigenvalue weighted by atomic mass is 32.1. The minimum atomic E-state index is -1.96. The van der Waals surface area contributed by atoms with Gasteiger partial charge in [0.05, 0.1) is 45.1 Å². The lowest BCUT2D eigenvalue weighted by Gasteiger charge is -2.27. The summed E-state index contributed by atoms with van der Waals surface area (Å²) in [6, 6.07) is -4.77. The molecule has 18 N–H and O–H groups in total. The van der Waals surface area contributed by atoms with Gasteiger partial charge in [-0.15, -0.1) is 0 Å². The number of hydrogen-bond donors (Lipinski definition) is 17. The van der Waals surface area contributed by atoms with Gasteiger partial charge in [-0.3, -0.25) is 67.1 Å². The highest BCUT2D eigenvalue weighted by Gasteiger charge is 2.38. The van der Waals surface area contributed by atoms with Crippen molar-refractivity contribution in [2.24, 2.45) is 17.4 Å². The van der Waals surface area contributed by atoms with E-state index in [2.05, 4.69) is 55.2 Å². The molecule has 33 heteroatoms. The molecule has 1 fully saturated rings. The summed E-state index contributed by atoms with van der Waals surface area (Å²) in [6.45, 7) is 0.856. The number of hydrogen-bond acceptors (Lipinski definition) is 18. The van der Waals surface area contributed by atoms with Gasteiger partial charge in [-0.1, -0.05) is 44.2 Å². The van der Waals surface area contributed by atoms with Crippen LogP contribution in [0.5, 0.6) is 0 Å². The molecule has 0 aromatic heterocycles. The van der Waals surface area contributed by atoms with Gasteiger partial charge < -0.3 is 90.0 Å². The fraction of sp³-hybridized carbons (Fsp3) is 0.553. The summed E-state index contributed by atoms with van der Waals surface area (Å²) in [5, 5.41) is 60.2. The molecule has 0 saturated carbocycles. The van der Waals surface area contributed by atoms with Crippen molar-refractivity contribution >= 4 is 101 Å². The SMILES string of the molecule is CC(C)[C@H](NC(=O)[C@H](Cc1ccccc1)NC(=O)[C@@H]1CCCN1C(=O)CNC(=O)CNC(=O)[C@H](CO)NC(=O)[C@H](CC(=O)O)NC(=O)CNC(=O)[C@H](CCC(N)=O)NC(=O)[C@H](CS)NC(=O)[C@H](C)NC(=O)[C@@H](N)CC(=O)O)C(=O)O. The van der Waals surface area contributed by atoms with Gasteiger partial charge in [-0.25, -0.2) is 4.79 Å². The smallest absolute Gasteiger partial charge is 0.326 e. The molecule has 1 aromatic carbocycles. The van der Waals surface area contributed by atoms with Crippen molar-refractivity contribution in [2.75, 3.05) is 38.5 Å². The second-order valence-corrected chi connectivity index (χ2v) is 18.8. The number of benzene rings is 1. The van der Waals surface area contributed by atoms with Crippen molar-refractivity contribution in [2.45, 2.75) is 120 Å². The van der Waals surface area contributed by atoms with Crippen LogP contribution in [-0.2, 0) is 78.3 Å². The molecule has 80 heavy (non-hydrogen) atoms. The summed E-state index contributed by atoms with van der Waals surface area (Å²) in [6.07, 6.45) is -2.27. The number of aliphatic carboxylic acids is 3. The third-order valence-corrected chi connectivity index (χ3v) is 12.1. The van der Waals surface area contributed by atoms with Crippen LogP contribution in [0.3, 0.4) is 0 Å². The second kappa shape index (κ2) is 33.7. The van der Waals surface area contributed by atoms with Gasteiger partial charge in [0.2, 0.25) is 70.9 Å². The maximum Gasteiger partial charge on any atom is 0.326 e. The predicted octanol–water partition coefficient (Wildman–Crippen LogP) is -7.81. The lowest BCUT2D eigenvalue weighted by atomic mass is 10.0. The number of primary amides is 1. The number of rotatable bonds is 34. The molecule has 2 rings (SSSR count). The molecule has 0 unspecified atom stereocenters. The molecule has 0 aliphatic carbocycles.